The summed E-state index contributed by atoms with van der Waals surface area (Å²) in [5, 5.41) is 15.1. The van der Waals surface area contributed by atoms with Gasteiger partial charge in [0.15, 0.2) is 0 Å². The molecule has 0 aromatic carbocycles. The van der Waals surface area contributed by atoms with Crippen LogP contribution in [-0.2, 0) is 11.3 Å². The lowest BCUT2D eigenvalue weighted by molar-refractivity contribution is -0.386. The van der Waals surface area contributed by atoms with E-state index in [-0.39, 0.29) is 29.4 Å². The van der Waals surface area contributed by atoms with Crippen LogP contribution in [0.2, 0.25) is 0 Å². The van der Waals surface area contributed by atoms with E-state index in [4.69, 9.17) is 4.74 Å². The fraction of sp³-hybridized carbons (Fsp3) is 0.400. The number of aryl methyl sites for hydroxylation is 2. The first-order valence-corrected chi connectivity index (χ1v) is 7.18. The molecule has 0 aliphatic heterocycles. The first-order chi connectivity index (χ1) is 11.2. The highest BCUT2D eigenvalue weighted by atomic mass is 16.6. The van der Waals surface area contributed by atoms with Crippen molar-refractivity contribution in [1.29, 1.82) is 0 Å². The Bertz CT molecular complexity index is 847. The van der Waals surface area contributed by atoms with E-state index >= 15 is 0 Å². The minimum absolute atomic E-state index is 0.0996. The van der Waals surface area contributed by atoms with E-state index < -0.39 is 10.9 Å². The molecule has 0 fully saturated rings. The highest BCUT2D eigenvalue weighted by molar-refractivity contribution is 6.01. The third-order valence-electron chi connectivity index (χ3n) is 3.93. The monoisotopic (exact) mass is 334 g/mol. The van der Waals surface area contributed by atoms with Gasteiger partial charge in [0.2, 0.25) is 5.78 Å². The maximum atomic E-state index is 12.5. The Labute approximate surface area is 137 Å². The zero-order chi connectivity index (χ0) is 18.2. The number of hydrogen-bond acceptors (Lipinski definition) is 6. The number of aromatic nitrogens is 3. The number of hydrogen-bond donors (Lipinski definition) is 1. The Morgan fingerprint density at radius 1 is 1.29 bits per heavy atom. The van der Waals surface area contributed by atoms with E-state index in [0.717, 1.165) is 0 Å². The fourth-order valence-electron chi connectivity index (χ4n) is 2.76. The summed E-state index contributed by atoms with van der Waals surface area (Å²) in [6.45, 7) is 6.21. The number of H-pyrrole nitrogens is 1. The maximum absolute atomic E-state index is 12.5. The SMILES string of the molecule is COC(=O)c1c(C)[nH]c(C(=O)Cn2nc(C)c([N+](=O)[O-])c2C)c1C. The van der Waals surface area contributed by atoms with Crippen molar-refractivity contribution < 1.29 is 19.2 Å². The fourth-order valence-corrected chi connectivity index (χ4v) is 2.76. The summed E-state index contributed by atoms with van der Waals surface area (Å²) in [5.41, 5.74) is 2.06. The van der Waals surface area contributed by atoms with Crippen LogP contribution in [0, 0.1) is 37.8 Å². The number of ether oxygens (including phenoxy) is 1. The number of rotatable bonds is 5. The van der Waals surface area contributed by atoms with Gasteiger partial charge in [-0.1, -0.05) is 0 Å². The minimum Gasteiger partial charge on any atom is -0.465 e. The van der Waals surface area contributed by atoms with Gasteiger partial charge in [0.25, 0.3) is 0 Å². The summed E-state index contributed by atoms with van der Waals surface area (Å²) in [6, 6.07) is 0. The third-order valence-corrected chi connectivity index (χ3v) is 3.93. The molecule has 2 aromatic rings. The van der Waals surface area contributed by atoms with Crippen LogP contribution in [0.4, 0.5) is 5.69 Å². The molecule has 1 N–H and O–H groups in total. The molecule has 0 radical (unpaired) electrons. The molecule has 0 atom stereocenters. The van der Waals surface area contributed by atoms with Gasteiger partial charge in [-0.15, -0.1) is 0 Å². The summed E-state index contributed by atoms with van der Waals surface area (Å²) in [6.07, 6.45) is 0. The van der Waals surface area contributed by atoms with E-state index in [1.807, 2.05) is 0 Å². The number of Topliss-reactive ketones (excluding diaryl/α,β-unsaturated/α-hetero) is 1. The second kappa shape index (κ2) is 6.26. The van der Waals surface area contributed by atoms with E-state index in [2.05, 4.69) is 10.1 Å². The van der Waals surface area contributed by atoms with Crippen LogP contribution < -0.4 is 0 Å². The molecule has 24 heavy (non-hydrogen) atoms. The van der Waals surface area contributed by atoms with Crippen LogP contribution in [-0.4, -0.2) is 38.6 Å². The number of methoxy groups -OCH3 is 1. The van der Waals surface area contributed by atoms with Gasteiger partial charge in [-0.3, -0.25) is 19.6 Å². The van der Waals surface area contributed by atoms with Crippen molar-refractivity contribution in [3.05, 3.63) is 44.0 Å². The topological polar surface area (TPSA) is 120 Å². The molecule has 0 aliphatic rings. The zero-order valence-electron chi connectivity index (χ0n) is 14.1. The minimum atomic E-state index is -0.526. The summed E-state index contributed by atoms with van der Waals surface area (Å²) >= 11 is 0. The largest absolute Gasteiger partial charge is 0.465 e. The van der Waals surface area contributed by atoms with Gasteiger partial charge in [-0.25, -0.2) is 4.79 Å². The Morgan fingerprint density at radius 2 is 1.92 bits per heavy atom. The summed E-state index contributed by atoms with van der Waals surface area (Å²) in [7, 11) is 1.27. The number of nitrogens with zero attached hydrogens (tertiary/aromatic N) is 3. The lowest BCUT2D eigenvalue weighted by atomic mass is 10.1. The normalized spacial score (nSPS) is 10.7. The third kappa shape index (κ3) is 2.80. The standard InChI is InChI=1S/C15H18N4O5/c1-7-12(15(21)24-5)8(2)16-13(7)11(20)6-18-10(4)14(19(22)23)9(3)17-18/h16H,6H2,1-5H3. The lowest BCUT2D eigenvalue weighted by Gasteiger charge is -2.03. The van der Waals surface area contributed by atoms with Gasteiger partial charge < -0.3 is 9.72 Å². The Balaban J connectivity index is 2.37. The molecule has 0 saturated heterocycles. The first-order valence-electron chi connectivity index (χ1n) is 7.18. The molecule has 9 nitrogen and oxygen atoms in total. The zero-order valence-corrected chi connectivity index (χ0v) is 14.1. The van der Waals surface area contributed by atoms with Crippen LogP contribution in [0.3, 0.4) is 0 Å². The number of nitro groups is 1. The molecule has 0 bridgehead atoms. The number of carbonyl (C=O) groups excluding carboxylic acids is 2. The first kappa shape index (κ1) is 17.4. The van der Waals surface area contributed by atoms with Crippen LogP contribution in [0.1, 0.15) is 43.5 Å². The quantitative estimate of drug-likeness (QED) is 0.386. The van der Waals surface area contributed by atoms with Gasteiger partial charge in [-0.05, 0) is 33.3 Å². The van der Waals surface area contributed by atoms with E-state index in [9.17, 15) is 19.7 Å². The summed E-state index contributed by atoms with van der Waals surface area (Å²) < 4.78 is 6.01. The van der Waals surface area contributed by atoms with Crippen molar-refractivity contribution in [3.8, 4) is 0 Å². The van der Waals surface area contributed by atoms with Crippen molar-refractivity contribution in [3.63, 3.8) is 0 Å². The van der Waals surface area contributed by atoms with Gasteiger partial charge in [-0.2, -0.15) is 5.10 Å². The smallest absolute Gasteiger partial charge is 0.339 e. The molecular weight excluding hydrogens is 316 g/mol. The van der Waals surface area contributed by atoms with Gasteiger partial charge in [0.1, 0.15) is 17.9 Å². The molecule has 9 heteroatoms. The molecule has 0 spiro atoms. The molecule has 2 aromatic heterocycles. The molecule has 0 amide bonds. The highest BCUT2D eigenvalue weighted by Crippen LogP contribution is 2.23. The Hall–Kier alpha value is -2.97. The number of carbonyl (C=O) groups is 2. The molecular formula is C15H18N4O5. The second-order valence-electron chi connectivity index (χ2n) is 5.47. The number of esters is 1. The molecule has 128 valence electrons. The van der Waals surface area contributed by atoms with Crippen LogP contribution in [0.15, 0.2) is 0 Å². The second-order valence-corrected chi connectivity index (χ2v) is 5.47. The van der Waals surface area contributed by atoms with Crippen molar-refractivity contribution in [2.75, 3.05) is 7.11 Å². The lowest BCUT2D eigenvalue weighted by Crippen LogP contribution is -2.15. The van der Waals surface area contributed by atoms with E-state index in [0.29, 0.717) is 22.5 Å². The summed E-state index contributed by atoms with van der Waals surface area (Å²) in [5.74, 6) is -0.853. The number of aromatic amines is 1. The van der Waals surface area contributed by atoms with Crippen molar-refractivity contribution in [2.24, 2.45) is 0 Å². The highest BCUT2D eigenvalue weighted by Gasteiger charge is 2.26. The van der Waals surface area contributed by atoms with Crippen LogP contribution >= 0.6 is 0 Å². The van der Waals surface area contributed by atoms with Crippen molar-refractivity contribution >= 4 is 17.4 Å². The molecule has 2 rings (SSSR count). The van der Waals surface area contributed by atoms with Gasteiger partial charge in [0, 0.05) is 5.69 Å². The maximum Gasteiger partial charge on any atom is 0.339 e. The van der Waals surface area contributed by atoms with E-state index in [1.165, 1.54) is 25.6 Å². The average molecular weight is 334 g/mol. The molecule has 2 heterocycles. The van der Waals surface area contributed by atoms with Gasteiger partial charge in [0.05, 0.1) is 23.3 Å². The van der Waals surface area contributed by atoms with Crippen LogP contribution in [0.5, 0.6) is 0 Å². The van der Waals surface area contributed by atoms with E-state index in [1.54, 1.807) is 13.8 Å². The molecule has 0 saturated carbocycles. The predicted octanol–water partition coefficient (Wildman–Crippen LogP) is 2.02. The van der Waals surface area contributed by atoms with Crippen LogP contribution in [0.25, 0.3) is 0 Å². The Morgan fingerprint density at radius 3 is 2.42 bits per heavy atom. The average Bonchev–Trinajstić information content (AvgIpc) is 2.94. The number of ketones is 1. The van der Waals surface area contributed by atoms with Crippen molar-refractivity contribution in [1.82, 2.24) is 14.8 Å². The van der Waals surface area contributed by atoms with Gasteiger partial charge >= 0.3 is 11.7 Å². The Kier molecular flexibility index (Phi) is 4.54. The predicted molar refractivity (Wildman–Crippen MR) is 84.3 cm³/mol. The number of nitrogens with one attached hydrogen (secondary N) is 1. The molecule has 0 unspecified atom stereocenters. The summed E-state index contributed by atoms with van der Waals surface area (Å²) in [4.78, 5) is 37.7. The van der Waals surface area contributed by atoms with Crippen molar-refractivity contribution in [2.45, 2.75) is 34.2 Å². The molecule has 0 aliphatic carbocycles.